The van der Waals surface area contributed by atoms with Gasteiger partial charge in [-0.25, -0.2) is 0 Å². The summed E-state index contributed by atoms with van der Waals surface area (Å²) in [6.07, 6.45) is 5.13. The average molecular weight is 344 g/mol. The molecule has 0 aromatic carbocycles. The largest absolute Gasteiger partial charge is 0.459 e. The maximum absolute atomic E-state index is 12.8. The van der Waals surface area contributed by atoms with E-state index in [4.69, 9.17) is 4.74 Å². The quantitative estimate of drug-likeness (QED) is 0.536. The van der Waals surface area contributed by atoms with E-state index in [-0.39, 0.29) is 22.9 Å². The molecule has 0 bridgehead atoms. The summed E-state index contributed by atoms with van der Waals surface area (Å²) in [6.45, 7) is 19.9. The van der Waals surface area contributed by atoms with Crippen molar-refractivity contribution in [1.29, 1.82) is 0 Å². The molecule has 0 amide bonds. The van der Waals surface area contributed by atoms with Crippen molar-refractivity contribution in [1.82, 2.24) is 5.32 Å². The number of hydrogen-bond acceptors (Lipinski definition) is 3. The second-order valence-corrected chi connectivity index (χ2v) is 7.89. The minimum atomic E-state index is -0.308. The van der Waals surface area contributed by atoms with Crippen LogP contribution < -0.4 is 5.32 Å². The van der Waals surface area contributed by atoms with Crippen LogP contribution >= 0.6 is 0 Å². The second kappa shape index (κ2) is 12.7. The highest BCUT2D eigenvalue weighted by Crippen LogP contribution is 2.37. The Balaban J connectivity index is 0. The summed E-state index contributed by atoms with van der Waals surface area (Å²) in [5.74, 6) is 0.272. The molecule has 0 aromatic rings. The van der Waals surface area contributed by atoms with Crippen molar-refractivity contribution in [2.75, 3.05) is 13.6 Å². The van der Waals surface area contributed by atoms with Crippen LogP contribution in [0.15, 0.2) is 0 Å². The summed E-state index contributed by atoms with van der Waals surface area (Å²) in [5.41, 5.74) is -0.404. The maximum Gasteiger partial charge on any atom is 0.311 e. The summed E-state index contributed by atoms with van der Waals surface area (Å²) in [5, 5.41) is 3.13. The molecule has 1 atom stereocenters. The normalized spacial score (nSPS) is 13.3. The topological polar surface area (TPSA) is 38.3 Å². The van der Waals surface area contributed by atoms with Gasteiger partial charge >= 0.3 is 5.97 Å². The van der Waals surface area contributed by atoms with E-state index in [0.29, 0.717) is 12.5 Å². The zero-order valence-electron chi connectivity index (χ0n) is 18.2. The molecule has 0 radical (unpaired) electrons. The zero-order valence-corrected chi connectivity index (χ0v) is 18.2. The summed E-state index contributed by atoms with van der Waals surface area (Å²) < 4.78 is 6.14. The van der Waals surface area contributed by atoms with E-state index in [1.54, 1.807) is 0 Å². The van der Waals surface area contributed by atoms with Gasteiger partial charge in [-0.15, -0.1) is 0 Å². The Morgan fingerprint density at radius 2 is 1.38 bits per heavy atom. The van der Waals surface area contributed by atoms with Crippen LogP contribution in [-0.4, -0.2) is 25.2 Å². The van der Waals surface area contributed by atoms with Gasteiger partial charge in [0.2, 0.25) is 0 Å². The second-order valence-electron chi connectivity index (χ2n) is 7.89. The van der Waals surface area contributed by atoms with E-state index in [1.807, 2.05) is 7.05 Å². The Bertz CT molecular complexity index is 312. The zero-order chi connectivity index (χ0) is 19.4. The van der Waals surface area contributed by atoms with E-state index >= 15 is 0 Å². The number of rotatable bonds is 9. The number of esters is 1. The Morgan fingerprint density at radius 1 is 0.958 bits per heavy atom. The third-order valence-electron chi connectivity index (χ3n) is 4.97. The first kappa shape index (κ1) is 25.7. The summed E-state index contributed by atoms with van der Waals surface area (Å²) >= 11 is 0. The molecule has 0 aliphatic carbocycles. The number of hydrogen-bond donors (Lipinski definition) is 1. The fourth-order valence-electron chi connectivity index (χ4n) is 3.31. The molecule has 0 aliphatic heterocycles. The first-order valence-corrected chi connectivity index (χ1v) is 10.0. The van der Waals surface area contributed by atoms with Gasteiger partial charge in [-0.05, 0) is 44.1 Å². The van der Waals surface area contributed by atoms with Crippen molar-refractivity contribution >= 4 is 5.97 Å². The van der Waals surface area contributed by atoms with Crippen LogP contribution in [0, 0.1) is 17.3 Å². The van der Waals surface area contributed by atoms with Crippen LogP contribution in [0.2, 0.25) is 0 Å². The lowest BCUT2D eigenvalue weighted by Crippen LogP contribution is -2.46. The van der Waals surface area contributed by atoms with Gasteiger partial charge < -0.3 is 10.1 Å². The minimum Gasteiger partial charge on any atom is -0.459 e. The van der Waals surface area contributed by atoms with E-state index in [9.17, 15) is 4.79 Å². The van der Waals surface area contributed by atoms with E-state index in [2.05, 4.69) is 67.6 Å². The molecular formula is C21H45NO2. The molecule has 0 spiro atoms. The van der Waals surface area contributed by atoms with Gasteiger partial charge in [0.25, 0.3) is 0 Å². The SMILES string of the molecule is CCC.CCC(CC)C(CC)(CC)OC(=O)C(CNC)C(C)(C)C. The lowest BCUT2D eigenvalue weighted by atomic mass is 9.77. The molecule has 0 aliphatic rings. The van der Waals surface area contributed by atoms with Crippen LogP contribution in [0.25, 0.3) is 0 Å². The third kappa shape index (κ3) is 8.00. The predicted octanol–water partition coefficient (Wildman–Crippen LogP) is 5.82. The van der Waals surface area contributed by atoms with Crippen molar-refractivity contribution < 1.29 is 9.53 Å². The van der Waals surface area contributed by atoms with Gasteiger partial charge in [0, 0.05) is 6.54 Å². The Hall–Kier alpha value is -0.570. The molecule has 1 unspecified atom stereocenters. The number of carbonyl (C=O) groups excluding carboxylic acids is 1. The van der Waals surface area contributed by atoms with Crippen molar-refractivity contribution in [2.24, 2.45) is 17.3 Å². The molecule has 1 N–H and O–H groups in total. The van der Waals surface area contributed by atoms with Gasteiger partial charge in [0.15, 0.2) is 0 Å². The van der Waals surface area contributed by atoms with Crippen LogP contribution in [0.5, 0.6) is 0 Å². The van der Waals surface area contributed by atoms with Gasteiger partial charge in [-0.1, -0.05) is 68.7 Å². The van der Waals surface area contributed by atoms with Crippen LogP contribution in [0.4, 0.5) is 0 Å². The fraction of sp³-hybridized carbons (Fsp3) is 0.952. The molecule has 24 heavy (non-hydrogen) atoms. The van der Waals surface area contributed by atoms with Crippen LogP contribution in [-0.2, 0) is 9.53 Å². The monoisotopic (exact) mass is 343 g/mol. The standard InChI is InChI=1S/C18H37NO2.C3H8/c1-9-14(10-2)18(11-3,12-4)21-16(20)15(13-19-8)17(5,6)7;1-3-2/h14-15,19H,9-13H2,1-8H3;3H2,1-2H3. The lowest BCUT2D eigenvalue weighted by Gasteiger charge is -2.41. The number of carbonyl (C=O) groups is 1. The molecule has 0 aromatic heterocycles. The molecule has 146 valence electrons. The maximum atomic E-state index is 12.8. The molecule has 0 saturated carbocycles. The molecule has 0 fully saturated rings. The highest BCUT2D eigenvalue weighted by atomic mass is 16.6. The van der Waals surface area contributed by atoms with Crippen molar-refractivity contribution in [3.8, 4) is 0 Å². The van der Waals surface area contributed by atoms with Crippen molar-refractivity contribution in [3.63, 3.8) is 0 Å². The third-order valence-corrected chi connectivity index (χ3v) is 4.97. The fourth-order valence-corrected chi connectivity index (χ4v) is 3.31. The Morgan fingerprint density at radius 3 is 1.62 bits per heavy atom. The Labute approximate surface area is 152 Å². The predicted molar refractivity (Wildman–Crippen MR) is 106 cm³/mol. The molecule has 0 heterocycles. The number of ether oxygens (including phenoxy) is 1. The highest BCUT2D eigenvalue weighted by Gasteiger charge is 2.41. The van der Waals surface area contributed by atoms with Gasteiger partial charge in [-0.3, -0.25) is 4.79 Å². The Kier molecular flexibility index (Phi) is 13.6. The highest BCUT2D eigenvalue weighted by molar-refractivity contribution is 5.74. The van der Waals surface area contributed by atoms with E-state index in [1.165, 1.54) is 6.42 Å². The molecule has 3 heteroatoms. The average Bonchev–Trinajstić information content (AvgIpc) is 2.52. The smallest absolute Gasteiger partial charge is 0.311 e. The van der Waals surface area contributed by atoms with Crippen LogP contribution in [0.3, 0.4) is 0 Å². The van der Waals surface area contributed by atoms with Crippen molar-refractivity contribution in [2.45, 2.75) is 100 Å². The van der Waals surface area contributed by atoms with E-state index in [0.717, 1.165) is 25.7 Å². The van der Waals surface area contributed by atoms with Gasteiger partial charge in [0.05, 0.1) is 5.92 Å². The summed E-state index contributed by atoms with van der Waals surface area (Å²) in [6, 6.07) is 0. The molecule has 3 nitrogen and oxygen atoms in total. The van der Waals surface area contributed by atoms with Crippen molar-refractivity contribution in [3.05, 3.63) is 0 Å². The van der Waals surface area contributed by atoms with E-state index < -0.39 is 0 Å². The van der Waals surface area contributed by atoms with Gasteiger partial charge in [-0.2, -0.15) is 0 Å². The molecule has 0 rings (SSSR count). The molecule has 0 saturated heterocycles. The first-order valence-electron chi connectivity index (χ1n) is 10.0. The summed E-state index contributed by atoms with van der Waals surface area (Å²) in [7, 11) is 1.89. The minimum absolute atomic E-state index is 0.0487. The number of nitrogens with one attached hydrogen (secondary N) is 1. The summed E-state index contributed by atoms with van der Waals surface area (Å²) in [4.78, 5) is 12.8. The molecular weight excluding hydrogens is 298 g/mol. The lowest BCUT2D eigenvalue weighted by molar-refractivity contribution is -0.177. The van der Waals surface area contributed by atoms with Gasteiger partial charge in [0.1, 0.15) is 5.60 Å². The first-order chi connectivity index (χ1) is 11.1. The van der Waals surface area contributed by atoms with Crippen LogP contribution in [0.1, 0.15) is 94.4 Å².